The van der Waals surface area contributed by atoms with E-state index < -0.39 is 0 Å². The first-order chi connectivity index (χ1) is 19.2. The minimum Gasteiger partial charge on any atom is -0.497 e. The zero-order chi connectivity index (χ0) is 28.6. The van der Waals surface area contributed by atoms with Crippen LogP contribution in [0.5, 0.6) is 5.75 Å². The minimum atomic E-state index is -0.362. The van der Waals surface area contributed by atoms with Gasteiger partial charge in [-0.2, -0.15) is 0 Å². The van der Waals surface area contributed by atoms with Crippen LogP contribution in [-0.2, 0) is 11.3 Å². The predicted molar refractivity (Wildman–Crippen MR) is 153 cm³/mol. The van der Waals surface area contributed by atoms with Gasteiger partial charge in [-0.15, -0.1) is 0 Å². The monoisotopic (exact) mass is 546 g/mol. The smallest absolute Gasteiger partial charge is 0.253 e. The summed E-state index contributed by atoms with van der Waals surface area (Å²) < 4.78 is 28.4. The number of aromatic nitrogens is 2. The maximum absolute atomic E-state index is 14.9. The molecule has 0 bridgehead atoms. The van der Waals surface area contributed by atoms with E-state index in [1.54, 1.807) is 19.2 Å². The Morgan fingerprint density at radius 3 is 2.73 bits per heavy atom. The number of aryl methyl sites for hydroxylation is 2. The second-order valence-corrected chi connectivity index (χ2v) is 10.5. The van der Waals surface area contributed by atoms with Crippen LogP contribution in [0, 0.1) is 26.6 Å². The molecule has 0 spiro atoms. The van der Waals surface area contributed by atoms with Crippen LogP contribution in [0.3, 0.4) is 0 Å². The lowest BCUT2D eigenvalue weighted by Crippen LogP contribution is -2.41. The fourth-order valence-corrected chi connectivity index (χ4v) is 5.62. The number of pyridine rings is 2. The van der Waals surface area contributed by atoms with E-state index in [2.05, 4.69) is 22.5 Å². The van der Waals surface area contributed by atoms with Gasteiger partial charge in [-0.1, -0.05) is 6.92 Å². The molecule has 1 fully saturated rings. The molecule has 40 heavy (non-hydrogen) atoms. The summed E-state index contributed by atoms with van der Waals surface area (Å²) in [7, 11) is 1.55. The number of fused-ring (bicyclic) bond motifs is 1. The van der Waals surface area contributed by atoms with Crippen molar-refractivity contribution in [2.75, 3.05) is 26.8 Å². The number of ether oxygens (including phenoxy) is 2. The molecular formula is C31H35FN4O4. The van der Waals surface area contributed by atoms with Gasteiger partial charge in [0, 0.05) is 70.9 Å². The van der Waals surface area contributed by atoms with Crippen LogP contribution in [0.25, 0.3) is 16.6 Å². The standard InChI is InChI=1S/C31H35FN4O4/c1-17-10-18(2)35-31(38)26(17)14-34-30(37)24-12-22-11-21(25-13-23(39-5)6-7-27(25)32)16-36(22)29(19(24)3)20(4)28-15-33-8-9-40-28/h6-7,10-13,16,20,28,33H,8-9,14-15H2,1-5H3,(H,34,37)(H,35,38). The molecule has 1 aliphatic rings. The van der Waals surface area contributed by atoms with Crippen LogP contribution >= 0.6 is 0 Å². The van der Waals surface area contributed by atoms with Gasteiger partial charge in [0.2, 0.25) is 0 Å². The van der Waals surface area contributed by atoms with Gasteiger partial charge in [-0.3, -0.25) is 9.59 Å². The molecule has 9 heteroatoms. The number of H-pyrrole nitrogens is 1. The number of carbonyl (C=O) groups is 1. The number of aromatic amines is 1. The Hall–Kier alpha value is -3.95. The normalized spacial score (nSPS) is 16.2. The first-order valence-electron chi connectivity index (χ1n) is 13.5. The minimum absolute atomic E-state index is 0.0688. The van der Waals surface area contributed by atoms with Gasteiger partial charge in [-0.05, 0) is 68.3 Å². The first-order valence-corrected chi connectivity index (χ1v) is 13.5. The highest BCUT2D eigenvalue weighted by atomic mass is 19.1. The summed E-state index contributed by atoms with van der Waals surface area (Å²) in [5.41, 5.74) is 5.95. The number of benzene rings is 1. The topological polar surface area (TPSA) is 96.9 Å². The molecule has 3 N–H and O–H groups in total. The molecule has 5 rings (SSSR count). The van der Waals surface area contributed by atoms with Crippen molar-refractivity contribution in [3.8, 4) is 16.9 Å². The summed E-state index contributed by atoms with van der Waals surface area (Å²) in [5.74, 6) is -0.162. The van der Waals surface area contributed by atoms with Gasteiger partial charge in [0.25, 0.3) is 11.5 Å². The molecule has 1 aromatic carbocycles. The third-order valence-corrected chi connectivity index (χ3v) is 7.78. The zero-order valence-corrected chi connectivity index (χ0v) is 23.5. The Kier molecular flexibility index (Phi) is 7.78. The van der Waals surface area contributed by atoms with E-state index in [9.17, 15) is 14.0 Å². The van der Waals surface area contributed by atoms with Crippen LogP contribution < -0.4 is 20.9 Å². The number of rotatable bonds is 7. The fraction of sp³-hybridized carbons (Fsp3) is 0.355. The van der Waals surface area contributed by atoms with Crippen LogP contribution in [-0.4, -0.2) is 48.2 Å². The van der Waals surface area contributed by atoms with Gasteiger partial charge < -0.3 is 29.5 Å². The number of nitrogens with zero attached hydrogens (tertiary/aromatic N) is 1. The SMILES string of the molecule is COc1ccc(F)c(-c2cc3cc(C(=O)NCc4c(C)cc(C)[nH]c4=O)c(C)c(C(C)C4CNCCO4)n3c2)c1. The second-order valence-electron chi connectivity index (χ2n) is 10.5. The van der Waals surface area contributed by atoms with E-state index in [4.69, 9.17) is 9.47 Å². The lowest BCUT2D eigenvalue weighted by atomic mass is 9.92. The summed E-state index contributed by atoms with van der Waals surface area (Å²) >= 11 is 0. The summed E-state index contributed by atoms with van der Waals surface area (Å²) in [6, 6.07) is 10.2. The Labute approximate surface area is 232 Å². The Morgan fingerprint density at radius 1 is 1.23 bits per heavy atom. The number of morpholine rings is 1. The Bertz CT molecular complexity index is 1630. The van der Waals surface area contributed by atoms with Gasteiger partial charge >= 0.3 is 0 Å². The average Bonchev–Trinajstić information content (AvgIpc) is 3.36. The van der Waals surface area contributed by atoms with Crippen molar-refractivity contribution in [3.63, 3.8) is 0 Å². The molecule has 0 radical (unpaired) electrons. The highest BCUT2D eigenvalue weighted by Gasteiger charge is 2.28. The Morgan fingerprint density at radius 2 is 2.02 bits per heavy atom. The molecule has 8 nitrogen and oxygen atoms in total. The molecule has 4 aromatic rings. The van der Waals surface area contributed by atoms with Gasteiger partial charge in [-0.25, -0.2) is 4.39 Å². The molecule has 2 unspecified atom stereocenters. The van der Waals surface area contributed by atoms with Crippen molar-refractivity contribution >= 4 is 11.4 Å². The van der Waals surface area contributed by atoms with Crippen molar-refractivity contribution in [3.05, 3.63) is 92.4 Å². The average molecular weight is 547 g/mol. The molecule has 210 valence electrons. The van der Waals surface area contributed by atoms with Crippen molar-refractivity contribution < 1.29 is 18.7 Å². The van der Waals surface area contributed by atoms with E-state index in [1.165, 1.54) is 6.07 Å². The molecule has 1 amide bonds. The highest BCUT2D eigenvalue weighted by molar-refractivity contribution is 5.97. The van der Waals surface area contributed by atoms with Gasteiger partial charge in [0.1, 0.15) is 11.6 Å². The van der Waals surface area contributed by atoms with Crippen molar-refractivity contribution in [2.45, 2.75) is 46.3 Å². The summed E-state index contributed by atoms with van der Waals surface area (Å²) in [6.07, 6.45) is 1.81. The van der Waals surface area contributed by atoms with Crippen LogP contribution in [0.15, 0.2) is 47.4 Å². The van der Waals surface area contributed by atoms with Crippen LogP contribution in [0.1, 0.15) is 51.3 Å². The Balaban J connectivity index is 1.59. The lowest BCUT2D eigenvalue weighted by Gasteiger charge is -2.31. The second kappa shape index (κ2) is 11.3. The van der Waals surface area contributed by atoms with Crippen molar-refractivity contribution in [2.24, 2.45) is 0 Å². The summed E-state index contributed by atoms with van der Waals surface area (Å²) in [5, 5.41) is 6.33. The number of halogens is 1. The molecule has 1 aliphatic heterocycles. The summed E-state index contributed by atoms with van der Waals surface area (Å²) in [4.78, 5) is 28.9. The van der Waals surface area contributed by atoms with Crippen molar-refractivity contribution in [1.82, 2.24) is 20.0 Å². The largest absolute Gasteiger partial charge is 0.497 e. The first kappa shape index (κ1) is 27.6. The fourth-order valence-electron chi connectivity index (χ4n) is 5.62. The van der Waals surface area contributed by atoms with Gasteiger partial charge in [0.15, 0.2) is 0 Å². The molecular weight excluding hydrogens is 511 g/mol. The number of hydrogen-bond donors (Lipinski definition) is 3. The van der Waals surface area contributed by atoms with Crippen LogP contribution in [0.4, 0.5) is 4.39 Å². The zero-order valence-electron chi connectivity index (χ0n) is 23.5. The highest BCUT2D eigenvalue weighted by Crippen LogP contribution is 2.34. The molecule has 3 aromatic heterocycles. The molecule has 0 saturated carbocycles. The maximum Gasteiger partial charge on any atom is 0.253 e. The van der Waals surface area contributed by atoms with E-state index in [1.807, 2.05) is 49.6 Å². The number of nitrogens with one attached hydrogen (secondary N) is 3. The van der Waals surface area contributed by atoms with E-state index in [0.717, 1.165) is 34.6 Å². The molecule has 2 atom stereocenters. The molecule has 0 aliphatic carbocycles. The molecule has 1 saturated heterocycles. The third kappa shape index (κ3) is 5.26. The lowest BCUT2D eigenvalue weighted by molar-refractivity contribution is 0.0135. The number of methoxy groups -OCH3 is 1. The van der Waals surface area contributed by atoms with Crippen LogP contribution in [0.2, 0.25) is 0 Å². The van der Waals surface area contributed by atoms with E-state index >= 15 is 0 Å². The number of amides is 1. The quantitative estimate of drug-likeness (QED) is 0.320. The van der Waals surface area contributed by atoms with E-state index in [-0.39, 0.29) is 35.9 Å². The third-order valence-electron chi connectivity index (χ3n) is 7.78. The summed E-state index contributed by atoms with van der Waals surface area (Å²) in [6.45, 7) is 9.88. The maximum atomic E-state index is 14.9. The predicted octanol–water partition coefficient (Wildman–Crippen LogP) is 4.39. The van der Waals surface area contributed by atoms with E-state index in [0.29, 0.717) is 41.2 Å². The molecule has 4 heterocycles. The number of hydrogen-bond acceptors (Lipinski definition) is 5. The van der Waals surface area contributed by atoms with Gasteiger partial charge in [0.05, 0.1) is 19.8 Å². The number of carbonyl (C=O) groups excluding carboxylic acids is 1. The van der Waals surface area contributed by atoms with Crippen molar-refractivity contribution in [1.29, 1.82) is 0 Å².